The number of nitrogens with zero attached hydrogens (tertiary/aromatic N) is 1. The molecular formula is C19H27N3O6S. The number of carbonyl (C=O) groups is 3. The number of hydrogen-bond acceptors (Lipinski definition) is 6. The Morgan fingerprint density at radius 3 is 2.45 bits per heavy atom. The zero-order valence-electron chi connectivity index (χ0n) is 16.9. The Morgan fingerprint density at radius 1 is 1.17 bits per heavy atom. The number of anilines is 1. The molecule has 2 N–H and O–H groups in total. The molecule has 0 atom stereocenters. The SMILES string of the molecule is CCS(=O)(=O)N1CCC(C(=O)OCC(=O)NC(=O)Nc2cccc(C)c2C)CC1. The second-order valence-corrected chi connectivity index (χ2v) is 9.19. The van der Waals surface area contributed by atoms with Gasteiger partial charge in [-0.25, -0.2) is 17.5 Å². The highest BCUT2D eigenvalue weighted by molar-refractivity contribution is 7.89. The van der Waals surface area contributed by atoms with Crippen molar-refractivity contribution in [3.8, 4) is 0 Å². The molecule has 1 aromatic rings. The first-order valence-electron chi connectivity index (χ1n) is 9.45. The predicted octanol–water partition coefficient (Wildman–Crippen LogP) is 1.56. The van der Waals surface area contributed by atoms with Gasteiger partial charge < -0.3 is 10.1 Å². The lowest BCUT2D eigenvalue weighted by atomic mass is 9.98. The summed E-state index contributed by atoms with van der Waals surface area (Å²) in [5, 5.41) is 4.70. The molecule has 29 heavy (non-hydrogen) atoms. The molecule has 1 heterocycles. The second-order valence-electron chi connectivity index (χ2n) is 6.93. The standard InChI is InChI=1S/C19H27N3O6S/c1-4-29(26,27)22-10-8-15(9-11-22)18(24)28-12-17(23)21-19(25)20-16-7-5-6-13(2)14(16)3/h5-7,15H,4,8-12H2,1-3H3,(H2,20,21,23,25). The lowest BCUT2D eigenvalue weighted by molar-refractivity contribution is -0.153. The maximum absolute atomic E-state index is 12.1. The van der Waals surface area contributed by atoms with E-state index in [1.54, 1.807) is 19.1 Å². The first-order valence-corrected chi connectivity index (χ1v) is 11.1. The van der Waals surface area contributed by atoms with Crippen molar-refractivity contribution in [3.63, 3.8) is 0 Å². The van der Waals surface area contributed by atoms with Crippen LogP contribution in [-0.4, -0.2) is 56.1 Å². The van der Waals surface area contributed by atoms with Crippen molar-refractivity contribution < 1.29 is 27.5 Å². The fourth-order valence-corrected chi connectivity index (χ4v) is 4.14. The van der Waals surface area contributed by atoms with Crippen LogP contribution in [0, 0.1) is 19.8 Å². The van der Waals surface area contributed by atoms with Crippen LogP contribution in [0.25, 0.3) is 0 Å². The number of ether oxygens (including phenoxy) is 1. The number of piperidine rings is 1. The Hall–Kier alpha value is -2.46. The molecule has 1 aliphatic heterocycles. The third kappa shape index (κ3) is 6.26. The average Bonchev–Trinajstić information content (AvgIpc) is 2.69. The van der Waals surface area contributed by atoms with Gasteiger partial charge >= 0.3 is 12.0 Å². The van der Waals surface area contributed by atoms with Crippen LogP contribution < -0.4 is 10.6 Å². The van der Waals surface area contributed by atoms with Gasteiger partial charge in [-0.1, -0.05) is 12.1 Å². The quantitative estimate of drug-likeness (QED) is 0.667. The molecule has 0 aromatic heterocycles. The minimum atomic E-state index is -3.27. The summed E-state index contributed by atoms with van der Waals surface area (Å²) in [6, 6.07) is 4.71. The number of benzene rings is 1. The number of carbonyl (C=O) groups excluding carboxylic acids is 3. The molecule has 2 rings (SSSR count). The van der Waals surface area contributed by atoms with Gasteiger partial charge in [-0.3, -0.25) is 14.9 Å². The number of hydrogen-bond donors (Lipinski definition) is 2. The molecule has 0 aliphatic carbocycles. The minimum Gasteiger partial charge on any atom is -0.455 e. The molecule has 1 aliphatic rings. The monoisotopic (exact) mass is 425 g/mol. The van der Waals surface area contributed by atoms with Crippen molar-refractivity contribution in [2.24, 2.45) is 5.92 Å². The molecule has 1 saturated heterocycles. The molecular weight excluding hydrogens is 398 g/mol. The molecule has 1 fully saturated rings. The first-order chi connectivity index (χ1) is 13.6. The number of imide groups is 1. The number of urea groups is 1. The van der Waals surface area contributed by atoms with Crippen LogP contribution in [0.4, 0.5) is 10.5 Å². The third-order valence-corrected chi connectivity index (χ3v) is 6.88. The summed E-state index contributed by atoms with van der Waals surface area (Å²) >= 11 is 0. The van der Waals surface area contributed by atoms with E-state index in [1.165, 1.54) is 4.31 Å². The Bertz CT molecular complexity index is 876. The average molecular weight is 426 g/mol. The molecule has 1 aromatic carbocycles. The van der Waals surface area contributed by atoms with Crippen LogP contribution >= 0.6 is 0 Å². The normalized spacial score (nSPS) is 15.6. The van der Waals surface area contributed by atoms with Gasteiger partial charge in [0.05, 0.1) is 11.7 Å². The summed E-state index contributed by atoms with van der Waals surface area (Å²) in [5.41, 5.74) is 2.47. The van der Waals surface area contributed by atoms with Crippen LogP contribution in [0.2, 0.25) is 0 Å². The number of esters is 1. The molecule has 160 valence electrons. The fourth-order valence-electron chi connectivity index (χ4n) is 3.01. The van der Waals surface area contributed by atoms with Crippen molar-refractivity contribution in [2.45, 2.75) is 33.6 Å². The van der Waals surface area contributed by atoms with Crippen molar-refractivity contribution >= 4 is 33.6 Å². The van der Waals surface area contributed by atoms with Crippen molar-refractivity contribution in [1.29, 1.82) is 0 Å². The molecule has 3 amide bonds. The van der Waals surface area contributed by atoms with E-state index in [1.807, 2.05) is 19.9 Å². The first kappa shape index (κ1) is 22.8. The number of rotatable bonds is 6. The van der Waals surface area contributed by atoms with Crippen molar-refractivity contribution in [1.82, 2.24) is 9.62 Å². The highest BCUT2D eigenvalue weighted by Crippen LogP contribution is 2.21. The Balaban J connectivity index is 1.75. The van der Waals surface area contributed by atoms with Gasteiger partial charge in [0.25, 0.3) is 5.91 Å². The molecule has 9 nitrogen and oxygen atoms in total. The van der Waals surface area contributed by atoms with Crippen molar-refractivity contribution in [2.75, 3.05) is 30.8 Å². The fraction of sp³-hybridized carbons (Fsp3) is 0.526. The third-order valence-electron chi connectivity index (χ3n) is 5.00. The topological polar surface area (TPSA) is 122 Å². The van der Waals surface area contributed by atoms with Crippen molar-refractivity contribution in [3.05, 3.63) is 29.3 Å². The maximum atomic E-state index is 12.1. The van der Waals surface area contributed by atoms with E-state index >= 15 is 0 Å². The van der Waals surface area contributed by atoms with E-state index < -0.39 is 40.5 Å². The van der Waals surface area contributed by atoms with Gasteiger partial charge in [0.15, 0.2) is 6.61 Å². The molecule has 0 saturated carbocycles. The zero-order valence-corrected chi connectivity index (χ0v) is 17.7. The van der Waals surface area contributed by atoms with Gasteiger partial charge in [-0.05, 0) is 50.8 Å². The van der Waals surface area contributed by atoms with E-state index in [9.17, 15) is 22.8 Å². The van der Waals surface area contributed by atoms with E-state index in [2.05, 4.69) is 10.6 Å². The molecule has 0 radical (unpaired) electrons. The largest absolute Gasteiger partial charge is 0.455 e. The summed E-state index contributed by atoms with van der Waals surface area (Å²) in [4.78, 5) is 35.9. The van der Waals surface area contributed by atoms with Gasteiger partial charge in [0, 0.05) is 18.8 Å². The van der Waals surface area contributed by atoms with E-state index in [-0.39, 0.29) is 18.8 Å². The summed E-state index contributed by atoms with van der Waals surface area (Å²) in [7, 11) is -3.27. The molecule has 0 spiro atoms. The summed E-state index contributed by atoms with van der Waals surface area (Å²) in [6.45, 7) is 5.26. The second kappa shape index (κ2) is 9.84. The van der Waals surface area contributed by atoms with E-state index in [4.69, 9.17) is 4.74 Å². The Morgan fingerprint density at radius 2 is 1.83 bits per heavy atom. The summed E-state index contributed by atoms with van der Waals surface area (Å²) in [6.07, 6.45) is 0.680. The highest BCUT2D eigenvalue weighted by atomic mass is 32.2. The van der Waals surface area contributed by atoms with Crippen LogP contribution in [0.3, 0.4) is 0 Å². The van der Waals surface area contributed by atoms with Gasteiger partial charge in [-0.2, -0.15) is 0 Å². The van der Waals surface area contributed by atoms with E-state index in [0.29, 0.717) is 18.5 Å². The Labute approximate surface area is 170 Å². The lowest BCUT2D eigenvalue weighted by Gasteiger charge is -2.29. The number of sulfonamides is 1. The van der Waals surface area contributed by atoms with Gasteiger partial charge in [0.2, 0.25) is 10.0 Å². The number of amides is 3. The Kier molecular flexibility index (Phi) is 7.74. The predicted molar refractivity (Wildman–Crippen MR) is 108 cm³/mol. The van der Waals surface area contributed by atoms with Gasteiger partial charge in [0.1, 0.15) is 0 Å². The highest BCUT2D eigenvalue weighted by Gasteiger charge is 2.31. The lowest BCUT2D eigenvalue weighted by Crippen LogP contribution is -2.42. The minimum absolute atomic E-state index is 0.0203. The molecule has 10 heteroatoms. The zero-order chi connectivity index (χ0) is 21.6. The van der Waals surface area contributed by atoms with E-state index in [0.717, 1.165) is 11.1 Å². The summed E-state index contributed by atoms with van der Waals surface area (Å²) < 4.78 is 30.0. The molecule has 0 unspecified atom stereocenters. The van der Waals surface area contributed by atoms with Crippen LogP contribution in [0.5, 0.6) is 0 Å². The smallest absolute Gasteiger partial charge is 0.325 e. The molecule has 0 bridgehead atoms. The van der Waals surface area contributed by atoms with Gasteiger partial charge in [-0.15, -0.1) is 0 Å². The maximum Gasteiger partial charge on any atom is 0.325 e. The number of aryl methyl sites for hydroxylation is 1. The summed E-state index contributed by atoms with van der Waals surface area (Å²) in [5.74, 6) is -1.75. The van der Waals surface area contributed by atoms with Crippen LogP contribution in [-0.2, 0) is 24.3 Å². The number of nitrogens with one attached hydrogen (secondary N) is 2. The van der Waals surface area contributed by atoms with Crippen LogP contribution in [0.1, 0.15) is 30.9 Å². The van der Waals surface area contributed by atoms with Crippen LogP contribution in [0.15, 0.2) is 18.2 Å².